The zero-order valence-electron chi connectivity index (χ0n) is 19.9. The molecule has 6 rings (SSSR count). The van der Waals surface area contributed by atoms with Crippen molar-refractivity contribution in [2.24, 2.45) is 0 Å². The lowest BCUT2D eigenvalue weighted by Gasteiger charge is -2.08. The number of hydrogen-bond acceptors (Lipinski definition) is 1. The highest BCUT2D eigenvalue weighted by Crippen LogP contribution is 2.40. The van der Waals surface area contributed by atoms with Crippen molar-refractivity contribution < 1.29 is 8.22 Å². The summed E-state index contributed by atoms with van der Waals surface area (Å²) in [5, 5.41) is 3.18. The van der Waals surface area contributed by atoms with Gasteiger partial charge in [0.1, 0.15) is 0 Å². The van der Waals surface area contributed by atoms with Gasteiger partial charge in [0.2, 0.25) is 0 Å². The number of benzene rings is 4. The molecule has 27 heavy (non-hydrogen) atoms. The lowest BCUT2D eigenvalue weighted by Crippen LogP contribution is -1.93. The number of para-hydroxylation sites is 2. The molecule has 0 saturated heterocycles. The first-order chi connectivity index (χ1) is 15.8. The number of fused-ring (bicyclic) bond motifs is 6. The summed E-state index contributed by atoms with van der Waals surface area (Å²) in [4.78, 5) is 0. The fraction of sp³-hybridized carbons (Fsp3) is 0. The molecule has 2 heterocycles. The molecule has 0 aliphatic carbocycles. The largest absolute Gasteiger partial charge is 0.309 e. The van der Waals surface area contributed by atoms with Crippen molar-refractivity contribution in [1.29, 1.82) is 0 Å². The smallest absolute Gasteiger partial charge is 0.0645 e. The Morgan fingerprint density at radius 2 is 1.52 bits per heavy atom. The minimum Gasteiger partial charge on any atom is -0.309 e. The number of aromatic nitrogens is 1. The van der Waals surface area contributed by atoms with Gasteiger partial charge in [-0.05, 0) is 36.4 Å². The van der Waals surface area contributed by atoms with Gasteiger partial charge in [-0.25, -0.2) is 0 Å². The molecular formula is C24H14ClNS. The van der Waals surface area contributed by atoms with Gasteiger partial charge in [-0.3, -0.25) is 0 Å². The van der Waals surface area contributed by atoms with Crippen LogP contribution in [0.3, 0.4) is 0 Å². The third kappa shape index (κ3) is 2.11. The maximum Gasteiger partial charge on any atom is 0.0645 e. The lowest BCUT2D eigenvalue weighted by molar-refractivity contribution is 1.19. The summed E-state index contributed by atoms with van der Waals surface area (Å²) in [6, 6.07) is 13.8. The predicted molar refractivity (Wildman–Crippen MR) is 119 cm³/mol. The van der Waals surface area contributed by atoms with E-state index in [0.29, 0.717) is 21.7 Å². The first-order valence-corrected chi connectivity index (χ1v) is 9.60. The molecule has 0 bridgehead atoms. The Hall–Kier alpha value is -2.81. The van der Waals surface area contributed by atoms with E-state index in [9.17, 15) is 0 Å². The zero-order chi connectivity index (χ0) is 23.2. The Morgan fingerprint density at radius 3 is 2.26 bits per heavy atom. The SMILES string of the molecule is [2H]c1cc([2H])c2c(c1[2H])c1c([2H])c([2H])cc([2H])c1n2-c1ccc2sc3c(Cl)cccc3c2c1. The molecule has 0 aliphatic heterocycles. The molecule has 4 aromatic carbocycles. The van der Waals surface area contributed by atoms with Gasteiger partial charge in [0.05, 0.1) is 29.0 Å². The van der Waals surface area contributed by atoms with E-state index in [0.717, 1.165) is 20.2 Å². The Bertz CT molecular complexity index is 1730. The quantitative estimate of drug-likeness (QED) is 0.270. The van der Waals surface area contributed by atoms with Crippen molar-refractivity contribution in [2.45, 2.75) is 0 Å². The number of nitrogens with zero attached hydrogens (tertiary/aromatic N) is 1. The molecule has 0 fully saturated rings. The standard InChI is InChI=1S/C24H14ClNS/c25-20-9-5-8-18-19-14-15(12-13-23(19)27-24(18)20)26-21-10-3-1-6-16(21)17-7-2-4-11-22(17)26/h1-14H/i1D,2D,6D,7D,10D,11D. The Morgan fingerprint density at radius 1 is 0.778 bits per heavy atom. The third-order valence-corrected chi connectivity index (χ3v) is 6.46. The highest BCUT2D eigenvalue weighted by Gasteiger charge is 2.13. The normalized spacial score (nSPS) is 15.0. The van der Waals surface area contributed by atoms with Crippen LogP contribution in [0, 0.1) is 0 Å². The van der Waals surface area contributed by atoms with Crippen LogP contribution in [-0.4, -0.2) is 4.57 Å². The van der Waals surface area contributed by atoms with E-state index in [4.69, 9.17) is 19.8 Å². The zero-order valence-corrected chi connectivity index (χ0v) is 15.4. The highest BCUT2D eigenvalue weighted by atomic mass is 35.5. The molecule has 0 radical (unpaired) electrons. The van der Waals surface area contributed by atoms with Crippen LogP contribution in [0.25, 0.3) is 47.7 Å². The van der Waals surface area contributed by atoms with Gasteiger partial charge in [0.25, 0.3) is 0 Å². The fourth-order valence-electron chi connectivity index (χ4n) is 3.66. The Kier molecular flexibility index (Phi) is 2.18. The van der Waals surface area contributed by atoms with Crippen molar-refractivity contribution in [3.8, 4) is 5.69 Å². The van der Waals surface area contributed by atoms with E-state index in [2.05, 4.69) is 0 Å². The van der Waals surface area contributed by atoms with Gasteiger partial charge in [-0.15, -0.1) is 11.3 Å². The van der Waals surface area contributed by atoms with Crippen LogP contribution < -0.4 is 0 Å². The molecular weight excluding hydrogens is 370 g/mol. The maximum atomic E-state index is 8.60. The van der Waals surface area contributed by atoms with E-state index in [1.165, 1.54) is 12.1 Å². The summed E-state index contributed by atoms with van der Waals surface area (Å²) < 4.78 is 54.2. The van der Waals surface area contributed by atoms with Crippen molar-refractivity contribution in [3.05, 3.63) is 89.8 Å². The molecule has 2 aromatic heterocycles. The molecule has 0 atom stereocenters. The molecule has 6 aromatic rings. The molecule has 3 heteroatoms. The van der Waals surface area contributed by atoms with E-state index < -0.39 is 0 Å². The number of thiophene rings is 1. The van der Waals surface area contributed by atoms with Crippen LogP contribution in [0.15, 0.2) is 84.8 Å². The Balaban J connectivity index is 1.84. The Labute approximate surface area is 173 Å². The first-order valence-electron chi connectivity index (χ1n) is 11.4. The van der Waals surface area contributed by atoms with Crippen molar-refractivity contribution in [2.75, 3.05) is 0 Å². The van der Waals surface area contributed by atoms with E-state index >= 15 is 0 Å². The minimum absolute atomic E-state index is 0.0332. The van der Waals surface area contributed by atoms with E-state index in [-0.39, 0.29) is 47.0 Å². The number of rotatable bonds is 1. The minimum atomic E-state index is -0.123. The molecule has 1 nitrogen and oxygen atoms in total. The molecule has 0 aliphatic rings. The van der Waals surface area contributed by atoms with Crippen LogP contribution in [0.4, 0.5) is 0 Å². The van der Waals surface area contributed by atoms with Gasteiger partial charge >= 0.3 is 0 Å². The monoisotopic (exact) mass is 389 g/mol. The summed E-state index contributed by atoms with van der Waals surface area (Å²) in [5.74, 6) is 0. The second kappa shape index (κ2) is 5.59. The lowest BCUT2D eigenvalue weighted by atomic mass is 10.1. The van der Waals surface area contributed by atoms with Crippen LogP contribution in [0.1, 0.15) is 8.22 Å². The van der Waals surface area contributed by atoms with Gasteiger partial charge in [0, 0.05) is 31.9 Å². The first kappa shape index (κ1) is 10.5. The number of halogens is 1. The van der Waals surface area contributed by atoms with Crippen LogP contribution in [0.5, 0.6) is 0 Å². The second-order valence-corrected chi connectivity index (χ2v) is 7.76. The summed E-state index contributed by atoms with van der Waals surface area (Å²) in [7, 11) is 0. The van der Waals surface area contributed by atoms with E-state index in [1.807, 2.05) is 36.4 Å². The topological polar surface area (TPSA) is 4.93 Å². The molecule has 0 spiro atoms. The maximum absolute atomic E-state index is 8.60. The average molecular weight is 390 g/mol. The molecule has 0 amide bonds. The summed E-state index contributed by atoms with van der Waals surface area (Å²) in [5.41, 5.74) is 1.39. The average Bonchev–Trinajstić information content (AvgIpc) is 3.34. The third-order valence-electron chi connectivity index (χ3n) is 4.82. The predicted octanol–water partition coefficient (Wildman–Crippen LogP) is 7.81. The molecule has 0 saturated carbocycles. The van der Waals surface area contributed by atoms with Crippen LogP contribution in [0.2, 0.25) is 5.02 Å². The van der Waals surface area contributed by atoms with Crippen LogP contribution >= 0.6 is 22.9 Å². The summed E-state index contributed by atoms with van der Waals surface area (Å²) >= 11 is 8.00. The van der Waals surface area contributed by atoms with Gasteiger partial charge in [-0.1, -0.05) is 60.0 Å². The summed E-state index contributed by atoms with van der Waals surface area (Å²) in [6.45, 7) is 0. The number of hydrogen-bond donors (Lipinski definition) is 0. The van der Waals surface area contributed by atoms with Crippen LogP contribution in [-0.2, 0) is 0 Å². The molecule has 128 valence electrons. The van der Waals surface area contributed by atoms with Gasteiger partial charge < -0.3 is 4.57 Å². The van der Waals surface area contributed by atoms with Crippen molar-refractivity contribution in [1.82, 2.24) is 4.57 Å². The van der Waals surface area contributed by atoms with E-state index in [1.54, 1.807) is 15.9 Å². The van der Waals surface area contributed by atoms with Crippen molar-refractivity contribution in [3.63, 3.8) is 0 Å². The van der Waals surface area contributed by atoms with Crippen molar-refractivity contribution >= 4 is 64.9 Å². The van der Waals surface area contributed by atoms with Gasteiger partial charge in [-0.2, -0.15) is 0 Å². The fourth-order valence-corrected chi connectivity index (χ4v) is 5.04. The second-order valence-electron chi connectivity index (χ2n) is 6.30. The van der Waals surface area contributed by atoms with Gasteiger partial charge in [0.15, 0.2) is 0 Å². The highest BCUT2D eigenvalue weighted by molar-refractivity contribution is 7.26. The molecule has 0 N–H and O–H groups in total. The summed E-state index contributed by atoms with van der Waals surface area (Å²) in [6.07, 6.45) is 0. The molecule has 0 unspecified atom stereocenters.